The topological polar surface area (TPSA) is 84.2 Å². The number of anilines is 1. The molecule has 0 aliphatic rings. The van der Waals surface area contributed by atoms with E-state index in [9.17, 15) is 9.59 Å². The zero-order valence-corrected chi connectivity index (χ0v) is 17.5. The molecule has 1 aromatic heterocycles. The Hall–Kier alpha value is -2.63. The Labute approximate surface area is 167 Å². The highest BCUT2D eigenvalue weighted by Crippen LogP contribution is 2.18. The highest BCUT2D eigenvalue weighted by molar-refractivity contribution is 5.90. The number of hydrogen-bond acceptors (Lipinski definition) is 3. The van der Waals surface area contributed by atoms with Crippen LogP contribution in [-0.2, 0) is 29.0 Å². The molecule has 0 spiro atoms. The van der Waals surface area contributed by atoms with E-state index in [0.29, 0.717) is 25.2 Å². The molecule has 0 saturated heterocycles. The van der Waals surface area contributed by atoms with Crippen molar-refractivity contribution in [2.24, 2.45) is 11.8 Å². The van der Waals surface area contributed by atoms with Crippen LogP contribution in [0, 0.1) is 25.7 Å². The number of nitrogens with one attached hydrogen (secondary N) is 1. The van der Waals surface area contributed by atoms with Gasteiger partial charge in [0, 0.05) is 24.3 Å². The highest BCUT2D eigenvalue weighted by Gasteiger charge is 2.14. The molecular formula is C22H31N3O3. The van der Waals surface area contributed by atoms with Gasteiger partial charge in [0.2, 0.25) is 5.91 Å². The minimum absolute atomic E-state index is 0.0398. The minimum Gasteiger partial charge on any atom is -0.481 e. The summed E-state index contributed by atoms with van der Waals surface area (Å²) >= 11 is 0. The molecule has 0 radical (unpaired) electrons. The number of carbonyl (C=O) groups is 2. The molecule has 0 aliphatic heterocycles. The van der Waals surface area contributed by atoms with Crippen molar-refractivity contribution < 1.29 is 14.7 Å². The van der Waals surface area contributed by atoms with Crippen molar-refractivity contribution in [2.75, 3.05) is 5.32 Å². The van der Waals surface area contributed by atoms with E-state index in [1.807, 2.05) is 35.9 Å². The summed E-state index contributed by atoms with van der Waals surface area (Å²) in [6.45, 7) is 11.0. The van der Waals surface area contributed by atoms with Crippen molar-refractivity contribution in [3.8, 4) is 0 Å². The molecule has 0 bridgehead atoms. The Bertz CT molecular complexity index is 822. The molecule has 6 heteroatoms. The van der Waals surface area contributed by atoms with Crippen molar-refractivity contribution in [1.82, 2.24) is 9.78 Å². The van der Waals surface area contributed by atoms with Gasteiger partial charge in [0.25, 0.3) is 0 Å². The van der Waals surface area contributed by atoms with Gasteiger partial charge in [-0.25, -0.2) is 0 Å². The molecule has 0 fully saturated rings. The summed E-state index contributed by atoms with van der Waals surface area (Å²) in [7, 11) is 0. The number of aliphatic carboxylic acids is 1. The van der Waals surface area contributed by atoms with Crippen LogP contribution in [0.1, 0.15) is 49.7 Å². The van der Waals surface area contributed by atoms with E-state index < -0.39 is 11.9 Å². The number of nitrogens with zero attached hydrogens (tertiary/aromatic N) is 2. The number of carboxylic acids is 1. The molecule has 1 aromatic carbocycles. The minimum atomic E-state index is -0.806. The van der Waals surface area contributed by atoms with Crippen LogP contribution >= 0.6 is 0 Å². The monoisotopic (exact) mass is 385 g/mol. The second kappa shape index (κ2) is 9.53. The van der Waals surface area contributed by atoms with Crippen LogP contribution in [0.2, 0.25) is 0 Å². The number of benzene rings is 1. The number of rotatable bonds is 9. The lowest BCUT2D eigenvalue weighted by molar-refractivity contribution is -0.141. The van der Waals surface area contributed by atoms with Crippen LogP contribution in [0.25, 0.3) is 0 Å². The molecule has 28 heavy (non-hydrogen) atoms. The summed E-state index contributed by atoms with van der Waals surface area (Å²) in [6, 6.07) is 7.36. The van der Waals surface area contributed by atoms with E-state index in [-0.39, 0.29) is 5.91 Å². The van der Waals surface area contributed by atoms with Gasteiger partial charge in [-0.2, -0.15) is 5.10 Å². The van der Waals surface area contributed by atoms with E-state index >= 15 is 0 Å². The van der Waals surface area contributed by atoms with Crippen LogP contribution in [-0.4, -0.2) is 26.8 Å². The summed E-state index contributed by atoms with van der Waals surface area (Å²) in [5.41, 5.74) is 4.94. The number of hydrogen-bond donors (Lipinski definition) is 2. The number of amides is 1. The molecule has 2 N–H and O–H groups in total. The lowest BCUT2D eigenvalue weighted by Gasteiger charge is -2.09. The maximum absolute atomic E-state index is 12.3. The molecule has 2 rings (SSSR count). The molecule has 6 nitrogen and oxygen atoms in total. The molecule has 1 heterocycles. The second-order valence-electron chi connectivity index (χ2n) is 7.91. The van der Waals surface area contributed by atoms with Crippen molar-refractivity contribution >= 4 is 17.6 Å². The molecule has 2 aromatic rings. The number of aryl methyl sites for hydroxylation is 1. The number of carbonyl (C=O) groups excluding carboxylic acids is 1. The van der Waals surface area contributed by atoms with Crippen molar-refractivity contribution in [1.29, 1.82) is 0 Å². The average Bonchev–Trinajstić information content (AvgIpc) is 2.87. The smallest absolute Gasteiger partial charge is 0.306 e. The van der Waals surface area contributed by atoms with Crippen LogP contribution in [0.3, 0.4) is 0 Å². The number of carboxylic acid groups (broad SMARTS) is 1. The third kappa shape index (κ3) is 5.94. The van der Waals surface area contributed by atoms with Gasteiger partial charge in [-0.15, -0.1) is 0 Å². The standard InChI is InChI=1S/C22H31N3O3/c1-14(2)13-25-17(5)20(16(4)24-25)10-11-21(26)23-19-8-6-18(7-9-19)12-15(3)22(27)28/h6-9,14-15H,10-13H2,1-5H3,(H,23,26)(H,27,28). The fraction of sp³-hybridized carbons (Fsp3) is 0.500. The van der Waals surface area contributed by atoms with Gasteiger partial charge in [-0.3, -0.25) is 14.3 Å². The van der Waals surface area contributed by atoms with Crippen LogP contribution < -0.4 is 5.32 Å². The molecule has 1 amide bonds. The molecule has 0 aliphatic carbocycles. The first-order chi connectivity index (χ1) is 13.2. The molecular weight excluding hydrogens is 354 g/mol. The third-order valence-electron chi connectivity index (χ3n) is 4.87. The van der Waals surface area contributed by atoms with Gasteiger partial charge in [0.1, 0.15) is 0 Å². The van der Waals surface area contributed by atoms with Crippen LogP contribution in [0.4, 0.5) is 5.69 Å². The maximum Gasteiger partial charge on any atom is 0.306 e. The van der Waals surface area contributed by atoms with E-state index in [4.69, 9.17) is 5.11 Å². The maximum atomic E-state index is 12.3. The Morgan fingerprint density at radius 1 is 1.14 bits per heavy atom. The first-order valence-electron chi connectivity index (χ1n) is 9.81. The fourth-order valence-corrected chi connectivity index (χ4v) is 3.25. The normalized spacial score (nSPS) is 12.2. The van der Waals surface area contributed by atoms with Gasteiger partial charge in [-0.1, -0.05) is 32.9 Å². The zero-order chi connectivity index (χ0) is 20.8. The summed E-state index contributed by atoms with van der Waals surface area (Å²) < 4.78 is 2.03. The van der Waals surface area contributed by atoms with Crippen molar-refractivity contribution in [3.63, 3.8) is 0 Å². The van der Waals surface area contributed by atoms with Gasteiger partial charge in [-0.05, 0) is 55.9 Å². The lowest BCUT2D eigenvalue weighted by Crippen LogP contribution is -2.14. The first kappa shape index (κ1) is 21.7. The van der Waals surface area contributed by atoms with Gasteiger partial charge >= 0.3 is 5.97 Å². The Morgan fingerprint density at radius 3 is 2.36 bits per heavy atom. The number of aromatic nitrogens is 2. The van der Waals surface area contributed by atoms with Gasteiger partial charge in [0.15, 0.2) is 0 Å². The van der Waals surface area contributed by atoms with E-state index in [0.717, 1.165) is 34.7 Å². The molecule has 152 valence electrons. The lowest BCUT2D eigenvalue weighted by atomic mass is 10.0. The quantitative estimate of drug-likeness (QED) is 0.683. The first-order valence-corrected chi connectivity index (χ1v) is 9.81. The Morgan fingerprint density at radius 2 is 1.79 bits per heavy atom. The summed E-state index contributed by atoms with van der Waals surface area (Å²) in [6.07, 6.45) is 1.53. The predicted octanol–water partition coefficient (Wildman–Crippen LogP) is 3.99. The SMILES string of the molecule is Cc1nn(CC(C)C)c(C)c1CCC(=O)Nc1ccc(CC(C)C(=O)O)cc1. The average molecular weight is 386 g/mol. The van der Waals surface area contributed by atoms with Crippen LogP contribution in [0.15, 0.2) is 24.3 Å². The third-order valence-corrected chi connectivity index (χ3v) is 4.87. The second-order valence-corrected chi connectivity index (χ2v) is 7.91. The van der Waals surface area contributed by atoms with Crippen molar-refractivity contribution in [2.45, 2.75) is 60.4 Å². The van der Waals surface area contributed by atoms with Crippen LogP contribution in [0.5, 0.6) is 0 Å². The molecule has 0 saturated carbocycles. The van der Waals surface area contributed by atoms with Crippen molar-refractivity contribution in [3.05, 3.63) is 46.8 Å². The van der Waals surface area contributed by atoms with Gasteiger partial charge in [0.05, 0.1) is 11.6 Å². The van der Waals surface area contributed by atoms with E-state index in [1.54, 1.807) is 6.92 Å². The Kier molecular flexibility index (Phi) is 7.38. The fourth-order valence-electron chi connectivity index (χ4n) is 3.25. The summed E-state index contributed by atoms with van der Waals surface area (Å²) in [5.74, 6) is -0.749. The van der Waals surface area contributed by atoms with E-state index in [1.165, 1.54) is 0 Å². The molecule has 1 unspecified atom stereocenters. The predicted molar refractivity (Wildman–Crippen MR) is 110 cm³/mol. The summed E-state index contributed by atoms with van der Waals surface area (Å²) in [5, 5.41) is 16.5. The summed E-state index contributed by atoms with van der Waals surface area (Å²) in [4.78, 5) is 23.3. The highest BCUT2D eigenvalue weighted by atomic mass is 16.4. The molecule has 1 atom stereocenters. The van der Waals surface area contributed by atoms with E-state index in [2.05, 4.69) is 31.2 Å². The largest absolute Gasteiger partial charge is 0.481 e. The zero-order valence-electron chi connectivity index (χ0n) is 17.5. The van der Waals surface area contributed by atoms with Gasteiger partial charge < -0.3 is 10.4 Å². The Balaban J connectivity index is 1.91.